The van der Waals surface area contributed by atoms with Crippen molar-refractivity contribution in [2.24, 2.45) is 0 Å². The number of methoxy groups -OCH3 is 1. The van der Waals surface area contributed by atoms with Gasteiger partial charge in [-0.25, -0.2) is 0 Å². The van der Waals surface area contributed by atoms with Gasteiger partial charge in [0.05, 0.1) is 7.11 Å². The lowest BCUT2D eigenvalue weighted by atomic mass is 10.3. The van der Waals surface area contributed by atoms with Gasteiger partial charge in [0, 0.05) is 5.69 Å². The van der Waals surface area contributed by atoms with Crippen LogP contribution < -0.4 is 14.8 Å². The highest BCUT2D eigenvalue weighted by atomic mass is 32.1. The zero-order valence-electron chi connectivity index (χ0n) is 12.6. The number of nitrogens with one attached hydrogen (secondary N) is 1. The van der Waals surface area contributed by atoms with E-state index in [2.05, 4.69) is 5.32 Å². The van der Waals surface area contributed by atoms with Crippen molar-refractivity contribution in [3.05, 3.63) is 54.6 Å². The van der Waals surface area contributed by atoms with Crippen LogP contribution >= 0.6 is 12.2 Å². The Bertz CT molecular complexity index is 587. The number of anilines is 1. The highest BCUT2D eigenvalue weighted by molar-refractivity contribution is 7.80. The molecule has 0 heterocycles. The van der Waals surface area contributed by atoms with Gasteiger partial charge < -0.3 is 19.5 Å². The van der Waals surface area contributed by atoms with Crippen molar-refractivity contribution in [3.63, 3.8) is 0 Å². The predicted octanol–water partition coefficient (Wildman–Crippen LogP) is 3.88. The van der Waals surface area contributed by atoms with Gasteiger partial charge in [0.1, 0.15) is 24.2 Å². The number of hydrogen-bond donors (Lipinski definition) is 1. The molecular weight excluding hydrogens is 298 g/mol. The van der Waals surface area contributed by atoms with Crippen LogP contribution in [0.1, 0.15) is 6.92 Å². The molecule has 0 radical (unpaired) electrons. The summed E-state index contributed by atoms with van der Waals surface area (Å²) in [5.41, 5.74) is 0.849. The van der Waals surface area contributed by atoms with Crippen molar-refractivity contribution >= 4 is 23.1 Å². The largest absolute Gasteiger partial charge is 0.497 e. The smallest absolute Gasteiger partial charge is 0.261 e. The molecule has 5 heteroatoms. The zero-order valence-corrected chi connectivity index (χ0v) is 13.4. The molecule has 2 aromatic rings. The summed E-state index contributed by atoms with van der Waals surface area (Å²) in [5.74, 6) is 1.61. The van der Waals surface area contributed by atoms with E-state index in [0.29, 0.717) is 11.8 Å². The van der Waals surface area contributed by atoms with E-state index >= 15 is 0 Å². The summed E-state index contributed by atoms with van der Waals surface area (Å²) in [7, 11) is 1.63. The van der Waals surface area contributed by atoms with E-state index in [1.165, 1.54) is 0 Å². The van der Waals surface area contributed by atoms with Gasteiger partial charge in [-0.1, -0.05) is 18.2 Å². The fraction of sp³-hybridized carbons (Fsp3) is 0.235. The molecule has 22 heavy (non-hydrogen) atoms. The lowest BCUT2D eigenvalue weighted by Crippen LogP contribution is -2.25. The van der Waals surface area contributed by atoms with Gasteiger partial charge >= 0.3 is 0 Å². The van der Waals surface area contributed by atoms with Gasteiger partial charge in [-0.05, 0) is 55.5 Å². The van der Waals surface area contributed by atoms with E-state index in [4.69, 9.17) is 26.4 Å². The minimum Gasteiger partial charge on any atom is -0.497 e. The minimum atomic E-state index is -0.154. The third-order valence-corrected chi connectivity index (χ3v) is 3.07. The fourth-order valence-corrected chi connectivity index (χ4v) is 2.05. The number of thiocarbonyl (C=S) groups is 1. The van der Waals surface area contributed by atoms with Crippen LogP contribution in [0.4, 0.5) is 5.69 Å². The van der Waals surface area contributed by atoms with Crippen molar-refractivity contribution in [2.45, 2.75) is 13.0 Å². The molecule has 2 aromatic carbocycles. The van der Waals surface area contributed by atoms with Gasteiger partial charge in [-0.2, -0.15) is 0 Å². The summed E-state index contributed by atoms with van der Waals surface area (Å²) >= 11 is 5.18. The second-order valence-corrected chi connectivity index (χ2v) is 5.06. The first-order chi connectivity index (χ1) is 10.7. The molecule has 116 valence electrons. The number of ether oxygens (including phenoxy) is 3. The maximum absolute atomic E-state index is 5.62. The summed E-state index contributed by atoms with van der Waals surface area (Å²) in [4.78, 5) is 0. The molecule has 0 spiro atoms. The molecule has 0 aliphatic carbocycles. The molecule has 0 aromatic heterocycles. The Balaban J connectivity index is 1.75. The standard InChI is InChI=1S/C17H19NO3S/c1-13(12-20-16-6-4-3-5-7-16)21-17(22)18-14-8-10-15(19-2)11-9-14/h3-11,13H,12H2,1-2H3,(H,18,22). The van der Waals surface area contributed by atoms with Crippen molar-refractivity contribution in [2.75, 3.05) is 19.0 Å². The first-order valence-electron chi connectivity index (χ1n) is 6.97. The Hall–Kier alpha value is -2.27. The second-order valence-electron chi connectivity index (χ2n) is 4.69. The Labute approximate surface area is 136 Å². The Morgan fingerprint density at radius 1 is 1.05 bits per heavy atom. The fourth-order valence-electron chi connectivity index (χ4n) is 1.77. The number of hydrogen-bond acceptors (Lipinski definition) is 4. The van der Waals surface area contributed by atoms with E-state index in [1.807, 2.05) is 61.5 Å². The van der Waals surface area contributed by atoms with Crippen LogP contribution in [-0.2, 0) is 4.74 Å². The van der Waals surface area contributed by atoms with Crippen molar-refractivity contribution in [1.82, 2.24) is 0 Å². The maximum atomic E-state index is 5.62. The Kier molecular flexibility index (Phi) is 6.03. The molecule has 0 amide bonds. The normalized spacial score (nSPS) is 11.4. The average Bonchev–Trinajstić information content (AvgIpc) is 2.54. The quantitative estimate of drug-likeness (QED) is 0.819. The van der Waals surface area contributed by atoms with Gasteiger partial charge in [0.15, 0.2) is 0 Å². The highest BCUT2D eigenvalue weighted by Crippen LogP contribution is 2.15. The third kappa shape index (κ3) is 5.26. The van der Waals surface area contributed by atoms with E-state index in [9.17, 15) is 0 Å². The lowest BCUT2D eigenvalue weighted by molar-refractivity contribution is 0.136. The van der Waals surface area contributed by atoms with E-state index in [0.717, 1.165) is 17.2 Å². The van der Waals surface area contributed by atoms with Crippen molar-refractivity contribution in [1.29, 1.82) is 0 Å². The van der Waals surface area contributed by atoms with Crippen LogP contribution in [0.15, 0.2) is 54.6 Å². The van der Waals surface area contributed by atoms with Crippen LogP contribution in [0.5, 0.6) is 11.5 Å². The molecule has 0 aliphatic rings. The number of rotatable bonds is 6. The Morgan fingerprint density at radius 2 is 1.73 bits per heavy atom. The first kappa shape index (κ1) is 16.1. The minimum absolute atomic E-state index is 0.154. The third-order valence-electron chi connectivity index (χ3n) is 2.87. The molecule has 1 atom stereocenters. The molecule has 0 aliphatic heterocycles. The van der Waals surface area contributed by atoms with Crippen LogP contribution in [0.3, 0.4) is 0 Å². The van der Waals surface area contributed by atoms with Gasteiger partial charge in [0.25, 0.3) is 5.17 Å². The topological polar surface area (TPSA) is 39.7 Å². The van der Waals surface area contributed by atoms with Crippen LogP contribution in [0.2, 0.25) is 0 Å². The molecular formula is C17H19NO3S. The Morgan fingerprint density at radius 3 is 2.36 bits per heavy atom. The zero-order chi connectivity index (χ0) is 15.8. The summed E-state index contributed by atoms with van der Waals surface area (Å²) < 4.78 is 16.3. The van der Waals surface area contributed by atoms with E-state index < -0.39 is 0 Å². The summed E-state index contributed by atoms with van der Waals surface area (Å²) in [6.07, 6.45) is -0.154. The van der Waals surface area contributed by atoms with Crippen LogP contribution in [0.25, 0.3) is 0 Å². The average molecular weight is 317 g/mol. The number of para-hydroxylation sites is 1. The lowest BCUT2D eigenvalue weighted by Gasteiger charge is -2.17. The van der Waals surface area contributed by atoms with Gasteiger partial charge in [-0.3, -0.25) is 0 Å². The van der Waals surface area contributed by atoms with Crippen molar-refractivity contribution in [3.8, 4) is 11.5 Å². The molecule has 0 fully saturated rings. The molecule has 4 nitrogen and oxygen atoms in total. The molecule has 0 saturated carbocycles. The number of benzene rings is 2. The summed E-state index contributed by atoms with van der Waals surface area (Å²) in [6, 6.07) is 17.1. The SMILES string of the molecule is COc1ccc(NC(=S)OC(C)COc2ccccc2)cc1. The van der Waals surface area contributed by atoms with Gasteiger partial charge in [-0.15, -0.1) is 0 Å². The van der Waals surface area contributed by atoms with E-state index in [-0.39, 0.29) is 6.10 Å². The van der Waals surface area contributed by atoms with Gasteiger partial charge in [0.2, 0.25) is 0 Å². The second kappa shape index (κ2) is 8.24. The predicted molar refractivity (Wildman–Crippen MR) is 91.7 cm³/mol. The van der Waals surface area contributed by atoms with E-state index in [1.54, 1.807) is 7.11 Å². The molecule has 0 bridgehead atoms. The monoisotopic (exact) mass is 317 g/mol. The first-order valence-corrected chi connectivity index (χ1v) is 7.38. The summed E-state index contributed by atoms with van der Waals surface area (Å²) in [5, 5.41) is 3.33. The highest BCUT2D eigenvalue weighted by Gasteiger charge is 2.07. The molecule has 0 saturated heterocycles. The van der Waals surface area contributed by atoms with Crippen LogP contribution in [0, 0.1) is 0 Å². The van der Waals surface area contributed by atoms with Crippen molar-refractivity contribution < 1.29 is 14.2 Å². The maximum Gasteiger partial charge on any atom is 0.261 e. The molecule has 2 rings (SSSR count). The summed E-state index contributed by atoms with van der Waals surface area (Å²) in [6.45, 7) is 2.33. The van der Waals surface area contributed by atoms with Crippen LogP contribution in [-0.4, -0.2) is 25.0 Å². The molecule has 1 N–H and O–H groups in total. The molecule has 1 unspecified atom stereocenters.